The Kier molecular flexibility index (Phi) is 5.88. The number of rotatable bonds is 6. The largest absolute Gasteiger partial charge is 0.497 e. The standard InChI is InChI=1S/C20H18ClN3O3/c1-24(19(25)12-5-14-3-10-17(26-2)11-4-14)13-18-22-20(23-27-18)15-6-8-16(21)9-7-15/h3-12H,13H2,1-2H3/b12-5+. The van der Waals surface area contributed by atoms with E-state index in [9.17, 15) is 4.79 Å². The van der Waals surface area contributed by atoms with Crippen LogP contribution in [0.2, 0.25) is 5.02 Å². The first-order valence-electron chi connectivity index (χ1n) is 8.21. The van der Waals surface area contributed by atoms with Crippen LogP contribution in [0.15, 0.2) is 59.1 Å². The summed E-state index contributed by atoms with van der Waals surface area (Å²) in [5.41, 5.74) is 1.70. The van der Waals surface area contributed by atoms with Crippen molar-refractivity contribution in [2.24, 2.45) is 0 Å². The number of methoxy groups -OCH3 is 1. The molecule has 0 radical (unpaired) electrons. The second-order valence-electron chi connectivity index (χ2n) is 5.82. The van der Waals surface area contributed by atoms with Crippen LogP contribution in [0.25, 0.3) is 17.5 Å². The minimum Gasteiger partial charge on any atom is -0.497 e. The lowest BCUT2D eigenvalue weighted by molar-refractivity contribution is -0.125. The summed E-state index contributed by atoms with van der Waals surface area (Å²) in [5, 5.41) is 4.58. The number of benzene rings is 2. The number of likely N-dealkylation sites (N-methyl/N-ethyl adjacent to an activating group) is 1. The molecular formula is C20H18ClN3O3. The average Bonchev–Trinajstić information content (AvgIpc) is 3.15. The number of amides is 1. The van der Waals surface area contributed by atoms with Crippen molar-refractivity contribution in [2.45, 2.75) is 6.54 Å². The fraction of sp³-hybridized carbons (Fsp3) is 0.150. The van der Waals surface area contributed by atoms with E-state index in [-0.39, 0.29) is 12.5 Å². The molecule has 0 saturated heterocycles. The van der Waals surface area contributed by atoms with Crippen molar-refractivity contribution in [2.75, 3.05) is 14.2 Å². The lowest BCUT2D eigenvalue weighted by atomic mass is 10.2. The SMILES string of the molecule is COc1ccc(/C=C/C(=O)N(C)Cc2nc(-c3ccc(Cl)cc3)no2)cc1. The monoisotopic (exact) mass is 383 g/mol. The third kappa shape index (κ3) is 4.95. The average molecular weight is 384 g/mol. The molecule has 6 nitrogen and oxygen atoms in total. The summed E-state index contributed by atoms with van der Waals surface area (Å²) in [7, 11) is 3.28. The van der Waals surface area contributed by atoms with Crippen LogP contribution in [-0.4, -0.2) is 35.1 Å². The molecule has 3 aromatic rings. The molecule has 0 N–H and O–H groups in total. The van der Waals surface area contributed by atoms with Gasteiger partial charge in [0.25, 0.3) is 0 Å². The third-order valence-corrected chi connectivity index (χ3v) is 4.11. The maximum atomic E-state index is 12.3. The van der Waals surface area contributed by atoms with E-state index in [1.807, 2.05) is 36.4 Å². The summed E-state index contributed by atoms with van der Waals surface area (Å²) in [6, 6.07) is 14.6. The van der Waals surface area contributed by atoms with Crippen molar-refractivity contribution < 1.29 is 14.1 Å². The van der Waals surface area contributed by atoms with E-state index in [4.69, 9.17) is 20.9 Å². The van der Waals surface area contributed by atoms with Gasteiger partial charge in [-0.15, -0.1) is 0 Å². The van der Waals surface area contributed by atoms with Crippen LogP contribution < -0.4 is 4.74 Å². The summed E-state index contributed by atoms with van der Waals surface area (Å²) < 4.78 is 10.3. The van der Waals surface area contributed by atoms with Crippen molar-refractivity contribution >= 4 is 23.6 Å². The van der Waals surface area contributed by atoms with Gasteiger partial charge in [0.15, 0.2) is 0 Å². The Morgan fingerprint density at radius 3 is 2.56 bits per heavy atom. The van der Waals surface area contributed by atoms with Gasteiger partial charge in [-0.25, -0.2) is 0 Å². The zero-order valence-electron chi connectivity index (χ0n) is 14.9. The summed E-state index contributed by atoms with van der Waals surface area (Å²) in [4.78, 5) is 18.1. The van der Waals surface area contributed by atoms with E-state index in [0.717, 1.165) is 16.9 Å². The maximum Gasteiger partial charge on any atom is 0.246 e. The van der Waals surface area contributed by atoms with E-state index in [1.165, 1.54) is 11.0 Å². The molecule has 0 spiro atoms. The molecule has 0 aliphatic heterocycles. The van der Waals surface area contributed by atoms with Crippen molar-refractivity contribution in [1.82, 2.24) is 15.0 Å². The quantitative estimate of drug-likeness (QED) is 0.600. The molecule has 3 rings (SSSR count). The first kappa shape index (κ1) is 18.7. The van der Waals surface area contributed by atoms with Crippen LogP contribution in [0, 0.1) is 0 Å². The number of nitrogens with zero attached hydrogens (tertiary/aromatic N) is 3. The zero-order valence-corrected chi connectivity index (χ0v) is 15.7. The number of carbonyl (C=O) groups excluding carboxylic acids is 1. The summed E-state index contributed by atoms with van der Waals surface area (Å²) in [6.07, 6.45) is 3.24. The van der Waals surface area contributed by atoms with Gasteiger partial charge in [-0.3, -0.25) is 4.79 Å². The first-order chi connectivity index (χ1) is 13.0. The molecule has 0 aliphatic rings. The second-order valence-corrected chi connectivity index (χ2v) is 6.26. The molecule has 0 fully saturated rings. The van der Waals surface area contributed by atoms with Gasteiger partial charge >= 0.3 is 0 Å². The maximum absolute atomic E-state index is 12.3. The van der Waals surface area contributed by atoms with E-state index in [0.29, 0.717) is 16.7 Å². The number of aromatic nitrogens is 2. The van der Waals surface area contributed by atoms with E-state index >= 15 is 0 Å². The van der Waals surface area contributed by atoms with Gasteiger partial charge < -0.3 is 14.2 Å². The lowest BCUT2D eigenvalue weighted by Gasteiger charge is -2.11. The van der Waals surface area contributed by atoms with Crippen LogP contribution >= 0.6 is 11.6 Å². The van der Waals surface area contributed by atoms with Gasteiger partial charge in [0.05, 0.1) is 13.7 Å². The van der Waals surface area contributed by atoms with Crippen LogP contribution in [0.5, 0.6) is 5.75 Å². The molecule has 0 atom stereocenters. The Morgan fingerprint density at radius 1 is 1.19 bits per heavy atom. The van der Waals surface area contributed by atoms with Gasteiger partial charge in [-0.05, 0) is 48.0 Å². The number of halogens is 1. The molecule has 0 aliphatic carbocycles. The van der Waals surface area contributed by atoms with E-state index in [1.54, 1.807) is 32.4 Å². The lowest BCUT2D eigenvalue weighted by Crippen LogP contribution is -2.24. The van der Waals surface area contributed by atoms with Crippen LogP contribution in [-0.2, 0) is 11.3 Å². The molecule has 27 heavy (non-hydrogen) atoms. The zero-order chi connectivity index (χ0) is 19.2. The molecule has 0 unspecified atom stereocenters. The molecule has 0 bridgehead atoms. The molecule has 1 heterocycles. The Balaban J connectivity index is 1.60. The Hall–Kier alpha value is -3.12. The number of ether oxygens (including phenoxy) is 1. The second kappa shape index (κ2) is 8.51. The predicted molar refractivity (Wildman–Crippen MR) is 103 cm³/mol. The van der Waals surface area contributed by atoms with Crippen LogP contribution in [0.4, 0.5) is 0 Å². The highest BCUT2D eigenvalue weighted by Gasteiger charge is 2.13. The van der Waals surface area contributed by atoms with Gasteiger partial charge in [-0.2, -0.15) is 4.98 Å². The van der Waals surface area contributed by atoms with Crippen molar-refractivity contribution in [3.63, 3.8) is 0 Å². The summed E-state index contributed by atoms with van der Waals surface area (Å²) in [5.74, 6) is 1.41. The number of hydrogen-bond acceptors (Lipinski definition) is 5. The molecule has 1 aromatic heterocycles. The summed E-state index contributed by atoms with van der Waals surface area (Å²) >= 11 is 5.88. The van der Waals surface area contributed by atoms with Crippen LogP contribution in [0.1, 0.15) is 11.5 Å². The number of hydrogen-bond donors (Lipinski definition) is 0. The van der Waals surface area contributed by atoms with Crippen LogP contribution in [0.3, 0.4) is 0 Å². The highest BCUT2D eigenvalue weighted by Crippen LogP contribution is 2.19. The highest BCUT2D eigenvalue weighted by molar-refractivity contribution is 6.30. The minimum atomic E-state index is -0.169. The molecular weight excluding hydrogens is 366 g/mol. The molecule has 7 heteroatoms. The third-order valence-electron chi connectivity index (χ3n) is 3.85. The molecule has 2 aromatic carbocycles. The van der Waals surface area contributed by atoms with Crippen molar-refractivity contribution in [3.8, 4) is 17.1 Å². The Morgan fingerprint density at radius 2 is 1.89 bits per heavy atom. The van der Waals surface area contributed by atoms with Gasteiger partial charge in [0.2, 0.25) is 17.6 Å². The smallest absolute Gasteiger partial charge is 0.246 e. The topological polar surface area (TPSA) is 68.5 Å². The molecule has 1 amide bonds. The predicted octanol–water partition coefficient (Wildman–Crippen LogP) is 4.07. The van der Waals surface area contributed by atoms with Crippen molar-refractivity contribution in [3.05, 3.63) is 71.1 Å². The van der Waals surface area contributed by atoms with Gasteiger partial charge in [0, 0.05) is 23.7 Å². The fourth-order valence-electron chi connectivity index (χ4n) is 2.33. The normalized spacial score (nSPS) is 10.9. The molecule has 138 valence electrons. The molecule has 0 saturated carbocycles. The fourth-order valence-corrected chi connectivity index (χ4v) is 2.45. The Bertz CT molecular complexity index is 934. The number of carbonyl (C=O) groups is 1. The van der Waals surface area contributed by atoms with Gasteiger partial charge in [-0.1, -0.05) is 28.9 Å². The summed E-state index contributed by atoms with van der Waals surface area (Å²) in [6.45, 7) is 0.215. The van der Waals surface area contributed by atoms with Gasteiger partial charge in [0.1, 0.15) is 5.75 Å². The Labute approximate surface area is 162 Å². The highest BCUT2D eigenvalue weighted by atomic mass is 35.5. The van der Waals surface area contributed by atoms with E-state index in [2.05, 4.69) is 10.1 Å². The minimum absolute atomic E-state index is 0.169. The van der Waals surface area contributed by atoms with Crippen molar-refractivity contribution in [1.29, 1.82) is 0 Å². The first-order valence-corrected chi connectivity index (χ1v) is 8.58. The van der Waals surface area contributed by atoms with E-state index < -0.39 is 0 Å².